The molecule has 0 radical (unpaired) electrons. The second-order valence-corrected chi connectivity index (χ2v) is 10.1. The van der Waals surface area contributed by atoms with Crippen LogP contribution in [0.4, 0.5) is 11.4 Å². The molecule has 162 valence electrons. The van der Waals surface area contributed by atoms with Crippen LogP contribution >= 0.6 is 22.6 Å². The van der Waals surface area contributed by atoms with Gasteiger partial charge in [-0.1, -0.05) is 24.3 Å². The third kappa shape index (κ3) is 5.37. The average Bonchev–Trinajstić information content (AvgIpc) is 2.74. The molecule has 0 atom stereocenters. The predicted octanol–water partition coefficient (Wildman–Crippen LogP) is 4.75. The zero-order chi connectivity index (χ0) is 22.6. The van der Waals surface area contributed by atoms with Crippen LogP contribution in [-0.4, -0.2) is 28.0 Å². The van der Waals surface area contributed by atoms with Gasteiger partial charge in [0, 0.05) is 9.26 Å². The van der Waals surface area contributed by atoms with Crippen molar-refractivity contribution in [3.63, 3.8) is 0 Å². The van der Waals surface area contributed by atoms with Crippen LogP contribution in [0.1, 0.15) is 11.1 Å². The van der Waals surface area contributed by atoms with E-state index < -0.39 is 22.5 Å². The molecule has 3 aromatic rings. The number of sulfonamides is 1. The van der Waals surface area contributed by atoms with Crippen molar-refractivity contribution in [1.29, 1.82) is 0 Å². The van der Waals surface area contributed by atoms with Crippen molar-refractivity contribution in [2.24, 2.45) is 0 Å². The van der Waals surface area contributed by atoms with Gasteiger partial charge in [-0.25, -0.2) is 8.42 Å². The minimum absolute atomic E-state index is 0.0943. The Labute approximate surface area is 196 Å². The molecule has 0 unspecified atom stereocenters. The predicted molar refractivity (Wildman–Crippen MR) is 131 cm³/mol. The van der Waals surface area contributed by atoms with E-state index in [1.54, 1.807) is 36.4 Å². The van der Waals surface area contributed by atoms with E-state index in [0.717, 1.165) is 19.0 Å². The highest BCUT2D eigenvalue weighted by Gasteiger charge is 2.29. The number of aryl methyl sites for hydroxylation is 2. The number of hydrogen-bond acceptors (Lipinski definition) is 4. The van der Waals surface area contributed by atoms with Gasteiger partial charge in [0.15, 0.2) is 0 Å². The molecule has 1 amide bonds. The maximum absolute atomic E-state index is 13.5. The first-order chi connectivity index (χ1) is 14.7. The van der Waals surface area contributed by atoms with Crippen molar-refractivity contribution in [1.82, 2.24) is 0 Å². The lowest BCUT2D eigenvalue weighted by Gasteiger charge is -2.26. The number of carbonyl (C=O) groups is 1. The zero-order valence-corrected chi connectivity index (χ0v) is 20.4. The summed E-state index contributed by atoms with van der Waals surface area (Å²) in [5.74, 6) is -0.0873. The number of hydrogen-bond donors (Lipinski definition) is 1. The van der Waals surface area contributed by atoms with Crippen molar-refractivity contribution in [2.45, 2.75) is 18.7 Å². The fourth-order valence-corrected chi connectivity index (χ4v) is 5.19. The van der Waals surface area contributed by atoms with Crippen LogP contribution in [0.2, 0.25) is 0 Å². The Morgan fingerprint density at radius 1 is 1.03 bits per heavy atom. The van der Waals surface area contributed by atoms with Crippen LogP contribution in [-0.2, 0) is 14.8 Å². The Morgan fingerprint density at radius 2 is 1.74 bits per heavy atom. The van der Waals surface area contributed by atoms with E-state index in [1.807, 2.05) is 32.0 Å². The lowest BCUT2D eigenvalue weighted by Crippen LogP contribution is -2.38. The van der Waals surface area contributed by atoms with E-state index in [0.29, 0.717) is 17.1 Å². The first-order valence-corrected chi connectivity index (χ1v) is 12.0. The Morgan fingerprint density at radius 3 is 2.39 bits per heavy atom. The highest BCUT2D eigenvalue weighted by atomic mass is 127. The smallest absolute Gasteiger partial charge is 0.264 e. The molecule has 0 bridgehead atoms. The van der Waals surface area contributed by atoms with Crippen LogP contribution in [0, 0.1) is 17.4 Å². The summed E-state index contributed by atoms with van der Waals surface area (Å²) in [6, 6.07) is 18.9. The van der Waals surface area contributed by atoms with Gasteiger partial charge < -0.3 is 10.1 Å². The van der Waals surface area contributed by atoms with E-state index >= 15 is 0 Å². The van der Waals surface area contributed by atoms with Crippen LogP contribution in [0.25, 0.3) is 0 Å². The fraction of sp³-hybridized carbons (Fsp3) is 0.174. The molecule has 0 aliphatic carbocycles. The topological polar surface area (TPSA) is 75.7 Å². The molecule has 0 aliphatic heterocycles. The number of ether oxygens (including phenoxy) is 1. The third-order valence-electron chi connectivity index (χ3n) is 4.68. The molecule has 0 aromatic heterocycles. The Bertz CT molecular complexity index is 1200. The Balaban J connectivity index is 2.02. The molecule has 0 fully saturated rings. The molecule has 31 heavy (non-hydrogen) atoms. The van der Waals surface area contributed by atoms with Gasteiger partial charge in [0.25, 0.3) is 10.0 Å². The van der Waals surface area contributed by atoms with Crippen LogP contribution in [0.15, 0.2) is 71.6 Å². The Kier molecular flexibility index (Phi) is 7.22. The maximum atomic E-state index is 13.5. The highest BCUT2D eigenvalue weighted by Crippen LogP contribution is 2.33. The number of anilines is 2. The van der Waals surface area contributed by atoms with Crippen molar-refractivity contribution in [2.75, 3.05) is 23.3 Å². The lowest BCUT2D eigenvalue weighted by molar-refractivity contribution is -0.114. The maximum Gasteiger partial charge on any atom is 0.264 e. The van der Waals surface area contributed by atoms with Gasteiger partial charge in [0.2, 0.25) is 5.91 Å². The van der Waals surface area contributed by atoms with Crippen LogP contribution < -0.4 is 14.4 Å². The quantitative estimate of drug-likeness (QED) is 0.431. The van der Waals surface area contributed by atoms with Crippen molar-refractivity contribution in [3.05, 3.63) is 81.4 Å². The fourth-order valence-electron chi connectivity index (χ4n) is 3.10. The van der Waals surface area contributed by atoms with E-state index in [4.69, 9.17) is 4.74 Å². The van der Waals surface area contributed by atoms with Crippen molar-refractivity contribution < 1.29 is 17.9 Å². The van der Waals surface area contributed by atoms with Gasteiger partial charge in [-0.3, -0.25) is 9.10 Å². The summed E-state index contributed by atoms with van der Waals surface area (Å²) in [5, 5.41) is 2.82. The minimum Gasteiger partial charge on any atom is -0.495 e. The molecule has 0 spiro atoms. The number of nitrogens with zero attached hydrogens (tertiary/aromatic N) is 1. The second-order valence-electron chi connectivity index (χ2n) is 7.01. The summed E-state index contributed by atoms with van der Waals surface area (Å²) in [5.41, 5.74) is 2.68. The number of halogens is 1. The number of benzene rings is 3. The van der Waals surface area contributed by atoms with E-state index in [-0.39, 0.29) is 4.90 Å². The summed E-state index contributed by atoms with van der Waals surface area (Å²) in [4.78, 5) is 13.0. The molecule has 1 N–H and O–H groups in total. The van der Waals surface area contributed by atoms with Crippen LogP contribution in [0.3, 0.4) is 0 Å². The third-order valence-corrected chi connectivity index (χ3v) is 7.13. The molecule has 0 heterocycles. The summed E-state index contributed by atoms with van der Waals surface area (Å²) < 4.78 is 34.5. The molecule has 0 aliphatic rings. The number of methoxy groups -OCH3 is 1. The first-order valence-electron chi connectivity index (χ1n) is 9.51. The van der Waals surface area contributed by atoms with Gasteiger partial charge in [-0.15, -0.1) is 0 Å². The number of nitrogens with one attached hydrogen (secondary N) is 1. The Hall–Kier alpha value is -2.59. The van der Waals surface area contributed by atoms with Gasteiger partial charge in [0.1, 0.15) is 12.3 Å². The lowest BCUT2D eigenvalue weighted by atomic mass is 10.2. The van der Waals surface area contributed by atoms with Gasteiger partial charge in [-0.05, 0) is 90.0 Å². The van der Waals surface area contributed by atoms with Crippen molar-refractivity contribution >= 4 is 49.9 Å². The summed E-state index contributed by atoms with van der Waals surface area (Å²) in [7, 11) is -2.55. The largest absolute Gasteiger partial charge is 0.495 e. The molecule has 6 nitrogen and oxygen atoms in total. The number of rotatable bonds is 7. The monoisotopic (exact) mass is 550 g/mol. The molecule has 3 rings (SSSR count). The van der Waals surface area contributed by atoms with E-state index in [2.05, 4.69) is 27.9 Å². The number of amides is 1. The molecule has 0 saturated heterocycles. The van der Waals surface area contributed by atoms with Crippen LogP contribution in [0.5, 0.6) is 5.75 Å². The van der Waals surface area contributed by atoms with E-state index in [1.165, 1.54) is 19.2 Å². The van der Waals surface area contributed by atoms with E-state index in [9.17, 15) is 13.2 Å². The minimum atomic E-state index is -4.02. The zero-order valence-electron chi connectivity index (χ0n) is 17.4. The first kappa shape index (κ1) is 23.1. The standard InChI is InChI=1S/C23H23IN2O4S/c1-16-9-12-22(30-3)21(13-16)26(31(28,29)19-7-5-4-6-8-19)15-23(27)25-20-11-10-18(24)14-17(20)2/h4-14H,15H2,1-3H3,(H,25,27). The van der Waals surface area contributed by atoms with Gasteiger partial charge in [0.05, 0.1) is 17.7 Å². The molecule has 0 saturated carbocycles. The number of carbonyl (C=O) groups excluding carboxylic acids is 1. The second kappa shape index (κ2) is 9.69. The summed E-state index contributed by atoms with van der Waals surface area (Å²) in [6.45, 7) is 3.34. The molecular formula is C23H23IN2O4S. The molecule has 3 aromatic carbocycles. The average molecular weight is 550 g/mol. The van der Waals surface area contributed by atoms with Gasteiger partial charge in [-0.2, -0.15) is 0 Å². The molecule has 8 heteroatoms. The normalized spacial score (nSPS) is 11.1. The summed E-state index contributed by atoms with van der Waals surface area (Å²) >= 11 is 2.20. The SMILES string of the molecule is COc1ccc(C)cc1N(CC(=O)Nc1ccc(I)cc1C)S(=O)(=O)c1ccccc1. The molecular weight excluding hydrogens is 527 g/mol. The highest BCUT2D eigenvalue weighted by molar-refractivity contribution is 14.1. The summed E-state index contributed by atoms with van der Waals surface area (Å²) in [6.07, 6.45) is 0. The van der Waals surface area contributed by atoms with Gasteiger partial charge >= 0.3 is 0 Å². The van der Waals surface area contributed by atoms with Crippen molar-refractivity contribution in [3.8, 4) is 5.75 Å².